The molecule has 4 aliphatic heterocycles. The van der Waals surface area contributed by atoms with Crippen LogP contribution in [0.3, 0.4) is 0 Å². The molecule has 4 fully saturated rings. The molecule has 0 saturated carbocycles. The van der Waals surface area contributed by atoms with Crippen LogP contribution >= 0.6 is 0 Å². The highest BCUT2D eigenvalue weighted by Gasteiger charge is 2.40. The highest BCUT2D eigenvalue weighted by Crippen LogP contribution is 2.33. The monoisotopic (exact) mass is 369 g/mol. The van der Waals surface area contributed by atoms with Crippen molar-refractivity contribution in [3.05, 3.63) is 24.2 Å². The molecule has 7 heteroatoms. The fourth-order valence-corrected chi connectivity index (χ4v) is 4.97. The van der Waals surface area contributed by atoms with Crippen LogP contribution in [0.25, 0.3) is 11.0 Å². The van der Waals surface area contributed by atoms with E-state index in [9.17, 15) is 4.79 Å². The van der Waals surface area contributed by atoms with Gasteiger partial charge in [-0.1, -0.05) is 0 Å². The number of hydrogen-bond acceptors (Lipinski definition) is 6. The Balaban J connectivity index is 1.38. The molecule has 0 spiro atoms. The zero-order valence-corrected chi connectivity index (χ0v) is 15.8. The number of carbonyl (C=O) groups is 1. The number of piperazine rings is 1. The van der Waals surface area contributed by atoms with Gasteiger partial charge in [-0.05, 0) is 44.8 Å². The molecule has 4 saturated heterocycles. The standard InChI is InChI=1S/C20H27N5O2/c1-13-19(14-2-6-24(13)7-3-14)23-20(26)16-10-15-17(12-27-18(15)11-22-16)25-8-4-21-5-9-25/h10-14,19,21H,2-9H2,1H3,(H,23,26). The van der Waals surface area contributed by atoms with Crippen molar-refractivity contribution in [2.75, 3.05) is 44.2 Å². The molecule has 7 nitrogen and oxygen atoms in total. The van der Waals surface area contributed by atoms with Gasteiger partial charge in [0, 0.05) is 43.6 Å². The summed E-state index contributed by atoms with van der Waals surface area (Å²) in [4.78, 5) is 22.1. The third-order valence-corrected chi connectivity index (χ3v) is 6.61. The molecule has 1 amide bonds. The second-order valence-electron chi connectivity index (χ2n) is 8.04. The summed E-state index contributed by atoms with van der Waals surface area (Å²) in [5.41, 5.74) is 2.26. The molecule has 0 aliphatic carbocycles. The molecule has 0 aromatic carbocycles. The van der Waals surface area contributed by atoms with Gasteiger partial charge in [-0.3, -0.25) is 9.69 Å². The average molecular weight is 369 g/mol. The third-order valence-electron chi connectivity index (χ3n) is 6.61. The average Bonchev–Trinajstić information content (AvgIpc) is 3.15. The molecule has 2 aromatic rings. The number of carbonyl (C=O) groups excluding carboxylic acids is 1. The summed E-state index contributed by atoms with van der Waals surface area (Å²) in [6.07, 6.45) is 5.82. The number of amides is 1. The van der Waals surface area contributed by atoms with Crippen LogP contribution in [0.1, 0.15) is 30.3 Å². The van der Waals surface area contributed by atoms with Crippen LogP contribution in [0.4, 0.5) is 5.69 Å². The maximum absolute atomic E-state index is 12.9. The number of pyridine rings is 1. The van der Waals surface area contributed by atoms with Crippen LogP contribution in [0, 0.1) is 5.92 Å². The van der Waals surface area contributed by atoms with Gasteiger partial charge >= 0.3 is 0 Å². The first-order chi connectivity index (χ1) is 13.2. The lowest BCUT2D eigenvalue weighted by Crippen LogP contribution is -2.62. The molecule has 6 heterocycles. The highest BCUT2D eigenvalue weighted by molar-refractivity contribution is 5.99. The Hall–Kier alpha value is -2.12. The molecule has 27 heavy (non-hydrogen) atoms. The molecule has 0 radical (unpaired) electrons. The van der Waals surface area contributed by atoms with Crippen LogP contribution in [-0.4, -0.2) is 67.1 Å². The van der Waals surface area contributed by atoms with Crippen LogP contribution in [-0.2, 0) is 0 Å². The van der Waals surface area contributed by atoms with Gasteiger partial charge in [0.15, 0.2) is 5.58 Å². The van der Waals surface area contributed by atoms with Gasteiger partial charge in [-0.15, -0.1) is 0 Å². The van der Waals surface area contributed by atoms with E-state index in [2.05, 4.69) is 32.3 Å². The molecular weight excluding hydrogens is 342 g/mol. The number of piperidine rings is 3. The number of aromatic nitrogens is 1. The van der Waals surface area contributed by atoms with Gasteiger partial charge in [-0.2, -0.15) is 0 Å². The smallest absolute Gasteiger partial charge is 0.270 e. The highest BCUT2D eigenvalue weighted by atomic mass is 16.3. The minimum absolute atomic E-state index is 0.0741. The Kier molecular flexibility index (Phi) is 4.28. The van der Waals surface area contributed by atoms with E-state index in [-0.39, 0.29) is 11.9 Å². The number of anilines is 1. The van der Waals surface area contributed by atoms with E-state index in [1.807, 2.05) is 6.07 Å². The van der Waals surface area contributed by atoms with Crippen molar-refractivity contribution in [1.29, 1.82) is 0 Å². The van der Waals surface area contributed by atoms with Crippen LogP contribution in [0.2, 0.25) is 0 Å². The summed E-state index contributed by atoms with van der Waals surface area (Å²) in [6, 6.07) is 2.50. The van der Waals surface area contributed by atoms with E-state index < -0.39 is 0 Å². The second kappa shape index (κ2) is 6.80. The number of furan rings is 1. The number of rotatable bonds is 3. The van der Waals surface area contributed by atoms with Gasteiger partial charge in [0.2, 0.25) is 0 Å². The number of hydrogen-bond donors (Lipinski definition) is 2. The number of nitrogens with zero attached hydrogens (tertiary/aromatic N) is 3. The molecule has 4 aliphatic rings. The fourth-order valence-electron chi connectivity index (χ4n) is 4.97. The van der Waals surface area contributed by atoms with E-state index in [4.69, 9.17) is 4.42 Å². The molecule has 2 atom stereocenters. The first kappa shape index (κ1) is 17.0. The SMILES string of the molecule is CC1C(NC(=O)c2cc3c(N4CCNCC4)coc3cn2)C2CCN1CC2. The van der Waals surface area contributed by atoms with E-state index in [1.165, 1.54) is 12.8 Å². The molecule has 6 rings (SSSR count). The Bertz CT molecular complexity index is 834. The lowest BCUT2D eigenvalue weighted by atomic mass is 9.79. The van der Waals surface area contributed by atoms with Gasteiger partial charge in [0.25, 0.3) is 5.91 Å². The zero-order valence-electron chi connectivity index (χ0n) is 15.8. The van der Waals surface area contributed by atoms with E-state index >= 15 is 0 Å². The van der Waals surface area contributed by atoms with Crippen LogP contribution in [0.5, 0.6) is 0 Å². The summed E-state index contributed by atoms with van der Waals surface area (Å²) in [6.45, 7) is 8.35. The summed E-state index contributed by atoms with van der Waals surface area (Å²) in [5, 5.41) is 7.61. The van der Waals surface area contributed by atoms with Gasteiger partial charge in [-0.25, -0.2) is 4.98 Å². The third kappa shape index (κ3) is 2.99. The molecular formula is C20H27N5O2. The topological polar surface area (TPSA) is 73.6 Å². The minimum Gasteiger partial charge on any atom is -0.460 e. The Labute approximate surface area is 159 Å². The van der Waals surface area contributed by atoms with Crippen molar-refractivity contribution in [3.8, 4) is 0 Å². The van der Waals surface area contributed by atoms with E-state index in [0.717, 1.165) is 55.9 Å². The lowest BCUT2D eigenvalue weighted by molar-refractivity contribution is 0.0216. The summed E-state index contributed by atoms with van der Waals surface area (Å²) >= 11 is 0. The van der Waals surface area contributed by atoms with Crippen molar-refractivity contribution in [3.63, 3.8) is 0 Å². The maximum atomic E-state index is 12.9. The molecule has 2 unspecified atom stereocenters. The Morgan fingerprint density at radius 1 is 1.26 bits per heavy atom. The van der Waals surface area contributed by atoms with Gasteiger partial charge < -0.3 is 20.0 Å². The molecule has 144 valence electrons. The number of nitrogens with one attached hydrogen (secondary N) is 2. The van der Waals surface area contributed by atoms with Crippen molar-refractivity contribution in [1.82, 2.24) is 20.5 Å². The maximum Gasteiger partial charge on any atom is 0.270 e. The molecule has 2 N–H and O–H groups in total. The van der Waals surface area contributed by atoms with Crippen molar-refractivity contribution in [2.24, 2.45) is 5.92 Å². The minimum atomic E-state index is -0.0741. The van der Waals surface area contributed by atoms with Crippen LogP contribution < -0.4 is 15.5 Å². The number of fused-ring (bicyclic) bond motifs is 4. The normalized spacial score (nSPS) is 30.6. The van der Waals surface area contributed by atoms with Crippen molar-refractivity contribution >= 4 is 22.6 Å². The summed E-state index contributed by atoms with van der Waals surface area (Å²) < 4.78 is 5.68. The van der Waals surface area contributed by atoms with E-state index in [0.29, 0.717) is 17.7 Å². The Morgan fingerprint density at radius 3 is 2.78 bits per heavy atom. The molecule has 2 bridgehead atoms. The van der Waals surface area contributed by atoms with Crippen molar-refractivity contribution in [2.45, 2.75) is 31.8 Å². The first-order valence-corrected chi connectivity index (χ1v) is 10.1. The van der Waals surface area contributed by atoms with Gasteiger partial charge in [0.05, 0.1) is 11.9 Å². The van der Waals surface area contributed by atoms with Gasteiger partial charge in [0.1, 0.15) is 12.0 Å². The van der Waals surface area contributed by atoms with E-state index in [1.54, 1.807) is 12.5 Å². The first-order valence-electron chi connectivity index (χ1n) is 10.1. The summed E-state index contributed by atoms with van der Waals surface area (Å²) in [7, 11) is 0. The molecule has 2 aromatic heterocycles. The quantitative estimate of drug-likeness (QED) is 0.853. The largest absolute Gasteiger partial charge is 0.460 e. The summed E-state index contributed by atoms with van der Waals surface area (Å²) in [5.74, 6) is 0.512. The predicted octanol–water partition coefficient (Wildman–Crippen LogP) is 1.45. The fraction of sp³-hybridized carbons (Fsp3) is 0.600. The second-order valence-corrected chi connectivity index (χ2v) is 8.04. The van der Waals surface area contributed by atoms with Crippen molar-refractivity contribution < 1.29 is 9.21 Å². The predicted molar refractivity (Wildman–Crippen MR) is 104 cm³/mol. The Morgan fingerprint density at radius 2 is 2.04 bits per heavy atom. The lowest BCUT2D eigenvalue weighted by Gasteiger charge is -2.49. The zero-order chi connectivity index (χ0) is 18.4. The van der Waals surface area contributed by atoms with Crippen LogP contribution in [0.15, 0.2) is 22.9 Å².